The molecule has 2 unspecified atom stereocenters. The summed E-state index contributed by atoms with van der Waals surface area (Å²) in [4.78, 5) is 12.0. The molecule has 1 aliphatic heterocycles. The molecule has 5 nitrogen and oxygen atoms in total. The van der Waals surface area contributed by atoms with Crippen LogP contribution in [0.25, 0.3) is 0 Å². The van der Waals surface area contributed by atoms with Gasteiger partial charge in [-0.3, -0.25) is 4.79 Å². The summed E-state index contributed by atoms with van der Waals surface area (Å²) in [7, 11) is 0. The van der Waals surface area contributed by atoms with Crippen molar-refractivity contribution < 1.29 is 14.3 Å². The number of hydrogen-bond donors (Lipinski definition) is 2. The van der Waals surface area contributed by atoms with Crippen molar-refractivity contribution in [1.29, 1.82) is 0 Å². The Labute approximate surface area is 138 Å². The summed E-state index contributed by atoms with van der Waals surface area (Å²) >= 11 is 0. The molecule has 1 heterocycles. The molecule has 2 atom stereocenters. The van der Waals surface area contributed by atoms with Crippen LogP contribution >= 0.6 is 12.4 Å². The minimum Gasteiger partial charge on any atom is -0.490 e. The highest BCUT2D eigenvalue weighted by atomic mass is 35.5. The minimum absolute atomic E-state index is 0. The molecular formula is C16H25ClN2O3. The van der Waals surface area contributed by atoms with Crippen molar-refractivity contribution in [2.24, 2.45) is 0 Å². The summed E-state index contributed by atoms with van der Waals surface area (Å²) in [5, 5.41) is 6.38. The molecule has 1 amide bonds. The molecule has 2 N–H and O–H groups in total. The maximum absolute atomic E-state index is 12.0. The van der Waals surface area contributed by atoms with Crippen LogP contribution in [0.2, 0.25) is 0 Å². The van der Waals surface area contributed by atoms with Crippen LogP contribution in [-0.2, 0) is 4.79 Å². The molecule has 1 saturated heterocycles. The molecule has 0 saturated carbocycles. The standard InChI is InChI=1S/C16H24N2O3.ClH/c1-3-20-14-8-4-5-9-15(14)21-11-16(19)18-13-7-6-10-17-12(13)2;/h4-5,8-9,12-13,17H,3,6-7,10-11H2,1-2H3,(H,18,19);1H. The van der Waals surface area contributed by atoms with Gasteiger partial charge in [-0.25, -0.2) is 0 Å². The van der Waals surface area contributed by atoms with E-state index in [1.807, 2.05) is 31.2 Å². The number of ether oxygens (including phenoxy) is 2. The van der Waals surface area contributed by atoms with Gasteiger partial charge in [0.05, 0.1) is 6.61 Å². The van der Waals surface area contributed by atoms with Crippen molar-refractivity contribution in [2.75, 3.05) is 19.8 Å². The molecule has 1 aromatic rings. The van der Waals surface area contributed by atoms with E-state index in [-0.39, 0.29) is 31.0 Å². The Hall–Kier alpha value is -1.46. The van der Waals surface area contributed by atoms with E-state index < -0.39 is 0 Å². The lowest BCUT2D eigenvalue weighted by Crippen LogP contribution is -2.52. The number of para-hydroxylation sites is 2. The van der Waals surface area contributed by atoms with Gasteiger partial charge in [0.25, 0.3) is 5.91 Å². The predicted octanol–water partition coefficient (Wildman–Crippen LogP) is 2.14. The number of piperidine rings is 1. The third kappa shape index (κ3) is 5.39. The molecular weight excluding hydrogens is 304 g/mol. The lowest BCUT2D eigenvalue weighted by molar-refractivity contribution is -0.124. The van der Waals surface area contributed by atoms with Crippen LogP contribution in [0.5, 0.6) is 11.5 Å². The fraction of sp³-hybridized carbons (Fsp3) is 0.562. The average Bonchev–Trinajstić information content (AvgIpc) is 2.49. The lowest BCUT2D eigenvalue weighted by atomic mass is 10.00. The fourth-order valence-electron chi connectivity index (χ4n) is 2.48. The van der Waals surface area contributed by atoms with Gasteiger partial charge in [0, 0.05) is 12.1 Å². The Balaban J connectivity index is 0.00000242. The number of nitrogens with one attached hydrogen (secondary N) is 2. The number of rotatable bonds is 6. The smallest absolute Gasteiger partial charge is 0.258 e. The van der Waals surface area contributed by atoms with Crippen molar-refractivity contribution in [3.8, 4) is 11.5 Å². The van der Waals surface area contributed by atoms with Crippen molar-refractivity contribution in [1.82, 2.24) is 10.6 Å². The number of carbonyl (C=O) groups is 1. The Morgan fingerprint density at radius 3 is 2.64 bits per heavy atom. The van der Waals surface area contributed by atoms with Crippen LogP contribution < -0.4 is 20.1 Å². The summed E-state index contributed by atoms with van der Waals surface area (Å²) in [6, 6.07) is 7.87. The van der Waals surface area contributed by atoms with Gasteiger partial charge in [-0.1, -0.05) is 12.1 Å². The van der Waals surface area contributed by atoms with Gasteiger partial charge < -0.3 is 20.1 Å². The molecule has 6 heteroatoms. The first-order valence-electron chi connectivity index (χ1n) is 7.58. The van der Waals surface area contributed by atoms with Crippen molar-refractivity contribution >= 4 is 18.3 Å². The maximum Gasteiger partial charge on any atom is 0.258 e. The van der Waals surface area contributed by atoms with Gasteiger partial charge in [-0.05, 0) is 45.4 Å². The molecule has 0 aromatic heterocycles. The van der Waals surface area contributed by atoms with Gasteiger partial charge >= 0.3 is 0 Å². The molecule has 124 valence electrons. The average molecular weight is 329 g/mol. The highest BCUT2D eigenvalue weighted by molar-refractivity contribution is 5.85. The first-order chi connectivity index (χ1) is 10.2. The van der Waals surface area contributed by atoms with Crippen LogP contribution in [0.4, 0.5) is 0 Å². The second-order valence-electron chi connectivity index (χ2n) is 5.23. The third-order valence-corrected chi connectivity index (χ3v) is 3.62. The van der Waals surface area contributed by atoms with Crippen LogP contribution in [0.1, 0.15) is 26.7 Å². The Bertz CT molecular complexity index is 470. The van der Waals surface area contributed by atoms with Gasteiger partial charge in [-0.15, -0.1) is 12.4 Å². The monoisotopic (exact) mass is 328 g/mol. The molecule has 1 aliphatic rings. The van der Waals surface area contributed by atoms with E-state index in [2.05, 4.69) is 17.6 Å². The van der Waals surface area contributed by atoms with Crippen molar-refractivity contribution in [3.63, 3.8) is 0 Å². The molecule has 0 aliphatic carbocycles. The van der Waals surface area contributed by atoms with E-state index in [0.29, 0.717) is 24.1 Å². The van der Waals surface area contributed by atoms with E-state index in [9.17, 15) is 4.79 Å². The zero-order chi connectivity index (χ0) is 15.1. The van der Waals surface area contributed by atoms with Crippen molar-refractivity contribution in [2.45, 2.75) is 38.8 Å². The molecule has 0 bridgehead atoms. The number of hydrogen-bond acceptors (Lipinski definition) is 4. The first kappa shape index (κ1) is 18.6. The summed E-state index contributed by atoms with van der Waals surface area (Å²) in [6.45, 7) is 5.60. The second kappa shape index (κ2) is 9.54. The topological polar surface area (TPSA) is 59.6 Å². The lowest BCUT2D eigenvalue weighted by Gasteiger charge is -2.30. The summed E-state index contributed by atoms with van der Waals surface area (Å²) in [5.41, 5.74) is 0. The minimum atomic E-state index is -0.0955. The van der Waals surface area contributed by atoms with E-state index in [4.69, 9.17) is 9.47 Å². The molecule has 2 rings (SSSR count). The van der Waals surface area contributed by atoms with Crippen molar-refractivity contribution in [3.05, 3.63) is 24.3 Å². The Kier molecular flexibility index (Phi) is 8.06. The number of carbonyl (C=O) groups excluding carboxylic acids is 1. The molecule has 0 radical (unpaired) electrons. The second-order valence-corrected chi connectivity index (χ2v) is 5.23. The number of halogens is 1. The SMILES string of the molecule is CCOc1ccccc1OCC(=O)NC1CCCNC1C.Cl. The maximum atomic E-state index is 12.0. The predicted molar refractivity (Wildman–Crippen MR) is 89.0 cm³/mol. The van der Waals surface area contributed by atoms with Crippen LogP contribution in [0, 0.1) is 0 Å². The molecule has 0 spiro atoms. The summed E-state index contributed by atoms with van der Waals surface area (Å²) in [6.07, 6.45) is 2.10. The highest BCUT2D eigenvalue weighted by Crippen LogP contribution is 2.26. The van der Waals surface area contributed by atoms with E-state index in [0.717, 1.165) is 19.4 Å². The summed E-state index contributed by atoms with van der Waals surface area (Å²) < 4.78 is 11.0. The van der Waals surface area contributed by atoms with E-state index in [1.54, 1.807) is 0 Å². The molecule has 1 aromatic carbocycles. The molecule has 1 fully saturated rings. The van der Waals surface area contributed by atoms with Gasteiger partial charge in [-0.2, -0.15) is 0 Å². The Morgan fingerprint density at radius 2 is 2.00 bits per heavy atom. The van der Waals surface area contributed by atoms with Crippen LogP contribution in [0.15, 0.2) is 24.3 Å². The number of amides is 1. The highest BCUT2D eigenvalue weighted by Gasteiger charge is 2.22. The van der Waals surface area contributed by atoms with Gasteiger partial charge in [0.15, 0.2) is 18.1 Å². The van der Waals surface area contributed by atoms with Crippen LogP contribution in [0.3, 0.4) is 0 Å². The van der Waals surface area contributed by atoms with Crippen LogP contribution in [-0.4, -0.2) is 37.7 Å². The molecule has 22 heavy (non-hydrogen) atoms. The normalized spacial score (nSPS) is 20.6. The van der Waals surface area contributed by atoms with E-state index >= 15 is 0 Å². The first-order valence-corrected chi connectivity index (χ1v) is 7.58. The van der Waals surface area contributed by atoms with E-state index in [1.165, 1.54) is 0 Å². The Morgan fingerprint density at radius 1 is 1.32 bits per heavy atom. The van der Waals surface area contributed by atoms with Gasteiger partial charge in [0.1, 0.15) is 0 Å². The summed E-state index contributed by atoms with van der Waals surface area (Å²) in [5.74, 6) is 1.17. The number of benzene rings is 1. The van der Waals surface area contributed by atoms with Gasteiger partial charge in [0.2, 0.25) is 0 Å². The fourth-order valence-corrected chi connectivity index (χ4v) is 2.48. The zero-order valence-electron chi connectivity index (χ0n) is 13.1. The quantitative estimate of drug-likeness (QED) is 0.840. The third-order valence-electron chi connectivity index (χ3n) is 3.62. The largest absolute Gasteiger partial charge is 0.490 e. The zero-order valence-corrected chi connectivity index (χ0v) is 13.9.